The first-order valence-electron chi connectivity index (χ1n) is 7.93. The van der Waals surface area contributed by atoms with Crippen LogP contribution in [0.2, 0.25) is 0 Å². The van der Waals surface area contributed by atoms with Crippen LogP contribution in [-0.2, 0) is 6.54 Å². The topological polar surface area (TPSA) is 21.3 Å². The second-order valence-corrected chi connectivity index (χ2v) is 5.84. The molecule has 1 N–H and O–H groups in total. The largest absolute Gasteiger partial charge is 0.457 e. The number of nitrogens with one attached hydrogen (secondary N) is 1. The zero-order valence-electron chi connectivity index (χ0n) is 12.4. The van der Waals surface area contributed by atoms with Crippen LogP contribution in [-0.4, -0.2) is 6.54 Å². The van der Waals surface area contributed by atoms with E-state index in [1.165, 1.54) is 31.2 Å². The van der Waals surface area contributed by atoms with Crippen molar-refractivity contribution in [3.8, 4) is 11.5 Å². The van der Waals surface area contributed by atoms with E-state index in [2.05, 4.69) is 17.4 Å². The Balaban J connectivity index is 1.47. The van der Waals surface area contributed by atoms with Crippen LogP contribution in [0.3, 0.4) is 0 Å². The minimum absolute atomic E-state index is 0.879. The van der Waals surface area contributed by atoms with Crippen molar-refractivity contribution in [1.29, 1.82) is 0 Å². The van der Waals surface area contributed by atoms with E-state index < -0.39 is 0 Å². The molecular formula is C19H23NO. The molecule has 0 bridgehead atoms. The van der Waals surface area contributed by atoms with Crippen LogP contribution in [0.4, 0.5) is 0 Å². The number of ether oxygens (including phenoxy) is 1. The highest BCUT2D eigenvalue weighted by Gasteiger charge is 2.13. The van der Waals surface area contributed by atoms with Gasteiger partial charge in [0.2, 0.25) is 0 Å². The van der Waals surface area contributed by atoms with Crippen molar-refractivity contribution in [1.82, 2.24) is 5.32 Å². The molecule has 1 saturated carbocycles. The summed E-state index contributed by atoms with van der Waals surface area (Å²) < 4.78 is 5.80. The van der Waals surface area contributed by atoms with Gasteiger partial charge in [-0.15, -0.1) is 0 Å². The summed E-state index contributed by atoms with van der Waals surface area (Å²) in [5.74, 6) is 2.66. The van der Waals surface area contributed by atoms with Gasteiger partial charge in [0.05, 0.1) is 0 Å². The molecule has 2 nitrogen and oxygen atoms in total. The maximum Gasteiger partial charge on any atom is 0.127 e. The minimum Gasteiger partial charge on any atom is -0.457 e. The Morgan fingerprint density at radius 1 is 0.857 bits per heavy atom. The first-order chi connectivity index (χ1) is 10.4. The van der Waals surface area contributed by atoms with Crippen molar-refractivity contribution in [3.63, 3.8) is 0 Å². The van der Waals surface area contributed by atoms with E-state index in [9.17, 15) is 0 Å². The van der Waals surface area contributed by atoms with E-state index in [-0.39, 0.29) is 0 Å². The summed E-state index contributed by atoms with van der Waals surface area (Å²) >= 11 is 0. The lowest BCUT2D eigenvalue weighted by molar-refractivity contribution is 0.480. The quantitative estimate of drug-likeness (QED) is 0.824. The summed E-state index contributed by atoms with van der Waals surface area (Å²) in [6, 6.07) is 18.3. The van der Waals surface area contributed by atoms with E-state index in [0.717, 1.165) is 30.5 Å². The average molecular weight is 281 g/mol. The summed E-state index contributed by atoms with van der Waals surface area (Å²) in [6.45, 7) is 2.10. The summed E-state index contributed by atoms with van der Waals surface area (Å²) in [5, 5.41) is 3.57. The lowest BCUT2D eigenvalue weighted by Crippen LogP contribution is -2.20. The Hall–Kier alpha value is -1.80. The number of hydrogen-bond acceptors (Lipinski definition) is 2. The summed E-state index contributed by atoms with van der Waals surface area (Å²) in [5.41, 5.74) is 1.31. The van der Waals surface area contributed by atoms with Gasteiger partial charge in [0.1, 0.15) is 11.5 Å². The second-order valence-electron chi connectivity index (χ2n) is 5.84. The molecule has 21 heavy (non-hydrogen) atoms. The molecule has 1 fully saturated rings. The van der Waals surface area contributed by atoms with Gasteiger partial charge in [-0.25, -0.2) is 0 Å². The van der Waals surface area contributed by atoms with Gasteiger partial charge in [-0.1, -0.05) is 43.2 Å². The monoisotopic (exact) mass is 281 g/mol. The molecule has 0 spiro atoms. The van der Waals surface area contributed by atoms with Crippen molar-refractivity contribution in [2.75, 3.05) is 6.54 Å². The molecule has 0 atom stereocenters. The van der Waals surface area contributed by atoms with Gasteiger partial charge >= 0.3 is 0 Å². The Labute approximate surface area is 127 Å². The highest BCUT2D eigenvalue weighted by molar-refractivity contribution is 5.32. The fourth-order valence-electron chi connectivity index (χ4n) is 2.94. The number of rotatable bonds is 6. The van der Waals surface area contributed by atoms with Gasteiger partial charge in [-0.2, -0.15) is 0 Å². The lowest BCUT2D eigenvalue weighted by atomic mass is 10.1. The van der Waals surface area contributed by atoms with Crippen molar-refractivity contribution >= 4 is 0 Å². The smallest absolute Gasteiger partial charge is 0.127 e. The van der Waals surface area contributed by atoms with E-state index >= 15 is 0 Å². The molecule has 3 rings (SSSR count). The maximum atomic E-state index is 5.80. The fourth-order valence-corrected chi connectivity index (χ4v) is 2.94. The van der Waals surface area contributed by atoms with Crippen LogP contribution in [0.1, 0.15) is 31.2 Å². The van der Waals surface area contributed by atoms with Gasteiger partial charge < -0.3 is 10.1 Å². The first kappa shape index (κ1) is 14.2. The highest BCUT2D eigenvalue weighted by atomic mass is 16.5. The lowest BCUT2D eigenvalue weighted by Gasteiger charge is -2.11. The molecule has 1 aliphatic carbocycles. The molecule has 0 heterocycles. The third-order valence-corrected chi connectivity index (χ3v) is 4.14. The van der Waals surface area contributed by atoms with Gasteiger partial charge in [-0.3, -0.25) is 0 Å². The van der Waals surface area contributed by atoms with Crippen LogP contribution in [0.5, 0.6) is 11.5 Å². The molecule has 2 aromatic carbocycles. The third-order valence-electron chi connectivity index (χ3n) is 4.14. The SMILES string of the molecule is c1ccc(Oc2ccc(CNCC3CCCC3)cc2)cc1. The Kier molecular flexibility index (Phi) is 4.90. The van der Waals surface area contributed by atoms with E-state index in [4.69, 9.17) is 4.74 Å². The van der Waals surface area contributed by atoms with E-state index in [1.807, 2.05) is 42.5 Å². The van der Waals surface area contributed by atoms with Crippen LogP contribution in [0, 0.1) is 5.92 Å². The standard InChI is InChI=1S/C19H23NO/c1-2-8-18(9-3-1)21-19-12-10-17(11-13-19)15-20-14-16-6-4-5-7-16/h1-3,8-13,16,20H,4-7,14-15H2. The van der Waals surface area contributed by atoms with Crippen molar-refractivity contribution in [2.45, 2.75) is 32.2 Å². The summed E-state index contributed by atoms with van der Waals surface area (Å²) in [6.07, 6.45) is 5.63. The third kappa shape index (κ3) is 4.33. The molecule has 0 saturated heterocycles. The molecule has 0 aliphatic heterocycles. The Morgan fingerprint density at radius 3 is 2.24 bits per heavy atom. The first-order valence-corrected chi connectivity index (χ1v) is 7.93. The predicted molar refractivity (Wildman–Crippen MR) is 86.6 cm³/mol. The molecule has 0 amide bonds. The van der Waals surface area contributed by atoms with Crippen molar-refractivity contribution in [2.24, 2.45) is 5.92 Å². The average Bonchev–Trinajstić information content (AvgIpc) is 3.03. The van der Waals surface area contributed by atoms with Crippen LogP contribution in [0.25, 0.3) is 0 Å². The molecule has 0 aromatic heterocycles. The molecule has 2 aromatic rings. The van der Waals surface area contributed by atoms with Crippen LogP contribution < -0.4 is 10.1 Å². The van der Waals surface area contributed by atoms with Crippen LogP contribution >= 0.6 is 0 Å². The number of hydrogen-bond donors (Lipinski definition) is 1. The molecule has 0 unspecified atom stereocenters. The van der Waals surface area contributed by atoms with Gasteiger partial charge in [0, 0.05) is 6.54 Å². The van der Waals surface area contributed by atoms with Gasteiger partial charge in [-0.05, 0) is 55.1 Å². The maximum absolute atomic E-state index is 5.80. The minimum atomic E-state index is 0.879. The zero-order valence-corrected chi connectivity index (χ0v) is 12.4. The Bertz CT molecular complexity index is 529. The number of benzene rings is 2. The molecule has 1 aliphatic rings. The summed E-state index contributed by atoms with van der Waals surface area (Å²) in [4.78, 5) is 0. The van der Waals surface area contributed by atoms with Gasteiger partial charge in [0.15, 0.2) is 0 Å². The fraction of sp³-hybridized carbons (Fsp3) is 0.368. The summed E-state index contributed by atoms with van der Waals surface area (Å²) in [7, 11) is 0. The molecule has 110 valence electrons. The van der Waals surface area contributed by atoms with Crippen LogP contribution in [0.15, 0.2) is 54.6 Å². The second kappa shape index (κ2) is 7.28. The van der Waals surface area contributed by atoms with Crippen molar-refractivity contribution < 1.29 is 4.74 Å². The van der Waals surface area contributed by atoms with Gasteiger partial charge in [0.25, 0.3) is 0 Å². The molecule has 0 radical (unpaired) electrons. The number of para-hydroxylation sites is 1. The Morgan fingerprint density at radius 2 is 1.52 bits per heavy atom. The van der Waals surface area contributed by atoms with E-state index in [1.54, 1.807) is 0 Å². The predicted octanol–water partition coefficient (Wildman–Crippen LogP) is 4.76. The van der Waals surface area contributed by atoms with E-state index in [0.29, 0.717) is 0 Å². The highest BCUT2D eigenvalue weighted by Crippen LogP contribution is 2.24. The molecular weight excluding hydrogens is 258 g/mol. The molecule has 2 heteroatoms. The normalized spacial score (nSPS) is 15.2. The zero-order chi connectivity index (χ0) is 14.3. The van der Waals surface area contributed by atoms with Crippen molar-refractivity contribution in [3.05, 3.63) is 60.2 Å².